The zero-order valence-electron chi connectivity index (χ0n) is 14.9. The lowest BCUT2D eigenvalue weighted by Gasteiger charge is -2.13. The van der Waals surface area contributed by atoms with Gasteiger partial charge in [-0.15, -0.1) is 0 Å². The van der Waals surface area contributed by atoms with Gasteiger partial charge in [0.15, 0.2) is 0 Å². The summed E-state index contributed by atoms with van der Waals surface area (Å²) < 4.78 is 5.67. The summed E-state index contributed by atoms with van der Waals surface area (Å²) in [7, 11) is 4.01. The Morgan fingerprint density at radius 2 is 1.83 bits per heavy atom. The van der Waals surface area contributed by atoms with Gasteiger partial charge < -0.3 is 15.0 Å². The minimum Gasteiger partial charge on any atom is -0.493 e. The lowest BCUT2D eigenvalue weighted by atomic mass is 10.1. The fourth-order valence-electron chi connectivity index (χ4n) is 2.19. The van der Waals surface area contributed by atoms with Gasteiger partial charge in [-0.25, -0.2) is 0 Å². The van der Waals surface area contributed by atoms with E-state index < -0.39 is 0 Å². The summed E-state index contributed by atoms with van der Waals surface area (Å²) >= 11 is 0. The average Bonchev–Trinajstić information content (AvgIpc) is 2.58. The van der Waals surface area contributed by atoms with Crippen LogP contribution < -0.4 is 15.0 Å². The molecule has 0 unspecified atom stereocenters. The molecule has 0 saturated heterocycles. The molecule has 0 spiro atoms. The summed E-state index contributed by atoms with van der Waals surface area (Å²) in [6.07, 6.45) is 0. The van der Waals surface area contributed by atoms with Crippen LogP contribution in [0.15, 0.2) is 48.5 Å². The predicted molar refractivity (Wildman–Crippen MR) is 98.7 cm³/mol. The van der Waals surface area contributed by atoms with Crippen molar-refractivity contribution in [1.82, 2.24) is 5.32 Å². The number of amides is 1. The zero-order chi connectivity index (χ0) is 17.5. The molecule has 0 heterocycles. The highest BCUT2D eigenvalue weighted by atomic mass is 16.5. The average molecular weight is 326 g/mol. The third kappa shape index (κ3) is 5.30. The summed E-state index contributed by atoms with van der Waals surface area (Å²) in [4.78, 5) is 14.4. The van der Waals surface area contributed by atoms with Gasteiger partial charge in [0.2, 0.25) is 0 Å². The maximum absolute atomic E-state index is 12.3. The first-order valence-electron chi connectivity index (χ1n) is 8.23. The second-order valence-electron chi connectivity index (χ2n) is 6.48. The van der Waals surface area contributed by atoms with E-state index in [-0.39, 0.29) is 5.91 Å². The second-order valence-corrected chi connectivity index (χ2v) is 6.48. The molecule has 0 radical (unpaired) electrons. The van der Waals surface area contributed by atoms with Crippen LogP contribution in [0, 0.1) is 5.92 Å². The molecule has 0 fully saturated rings. The van der Waals surface area contributed by atoms with Crippen LogP contribution in [0.25, 0.3) is 0 Å². The second kappa shape index (κ2) is 8.39. The van der Waals surface area contributed by atoms with E-state index in [1.807, 2.05) is 55.4 Å². The first kappa shape index (κ1) is 17.9. The Kier molecular flexibility index (Phi) is 6.24. The summed E-state index contributed by atoms with van der Waals surface area (Å²) in [5, 5.41) is 2.95. The van der Waals surface area contributed by atoms with E-state index in [9.17, 15) is 4.79 Å². The van der Waals surface area contributed by atoms with Crippen LogP contribution >= 0.6 is 0 Å². The predicted octanol–water partition coefficient (Wildman–Crippen LogP) is 3.72. The van der Waals surface area contributed by atoms with E-state index in [1.165, 1.54) is 0 Å². The lowest BCUT2D eigenvalue weighted by Crippen LogP contribution is -2.22. The lowest BCUT2D eigenvalue weighted by molar-refractivity contribution is 0.0950. The fraction of sp³-hybridized carbons (Fsp3) is 0.350. The van der Waals surface area contributed by atoms with Gasteiger partial charge in [0.1, 0.15) is 5.75 Å². The summed E-state index contributed by atoms with van der Waals surface area (Å²) in [5.41, 5.74) is 2.82. The molecule has 0 aliphatic carbocycles. The molecular weight excluding hydrogens is 300 g/mol. The van der Waals surface area contributed by atoms with Gasteiger partial charge in [0, 0.05) is 31.9 Å². The molecule has 1 amide bonds. The van der Waals surface area contributed by atoms with Crippen LogP contribution in [0.3, 0.4) is 0 Å². The van der Waals surface area contributed by atoms with E-state index in [4.69, 9.17) is 4.74 Å². The highest BCUT2D eigenvalue weighted by Crippen LogP contribution is 2.15. The van der Waals surface area contributed by atoms with Crippen molar-refractivity contribution in [2.75, 3.05) is 25.6 Å². The number of hydrogen-bond acceptors (Lipinski definition) is 3. The Bertz CT molecular complexity index is 664. The third-order valence-corrected chi connectivity index (χ3v) is 3.59. The van der Waals surface area contributed by atoms with E-state index in [1.54, 1.807) is 12.1 Å². The van der Waals surface area contributed by atoms with Crippen LogP contribution in [0.2, 0.25) is 0 Å². The minimum atomic E-state index is -0.0957. The number of nitrogens with one attached hydrogen (secondary N) is 1. The molecular formula is C20H26N2O2. The maximum atomic E-state index is 12.3. The Labute approximate surface area is 144 Å². The zero-order valence-corrected chi connectivity index (χ0v) is 14.9. The number of ether oxygens (including phenoxy) is 1. The van der Waals surface area contributed by atoms with E-state index in [0.29, 0.717) is 24.6 Å². The maximum Gasteiger partial charge on any atom is 0.251 e. The Morgan fingerprint density at radius 3 is 2.46 bits per heavy atom. The summed E-state index contributed by atoms with van der Waals surface area (Å²) in [6, 6.07) is 15.4. The van der Waals surface area contributed by atoms with Gasteiger partial charge in [-0.3, -0.25) is 4.79 Å². The number of nitrogens with zero attached hydrogens (tertiary/aromatic N) is 1. The molecule has 1 N–H and O–H groups in total. The quantitative estimate of drug-likeness (QED) is 0.843. The van der Waals surface area contributed by atoms with Crippen molar-refractivity contribution in [2.45, 2.75) is 20.4 Å². The molecule has 2 aromatic rings. The standard InChI is InChI=1S/C20H26N2O2/c1-15(2)14-24-19-7-5-6-17(12-19)20(23)21-13-16-8-10-18(11-9-16)22(3)4/h5-12,15H,13-14H2,1-4H3,(H,21,23). The smallest absolute Gasteiger partial charge is 0.251 e. The fourth-order valence-corrected chi connectivity index (χ4v) is 2.19. The number of rotatable bonds is 7. The Balaban J connectivity index is 1.93. The molecule has 128 valence electrons. The molecule has 0 aliphatic rings. The molecule has 0 atom stereocenters. The normalized spacial score (nSPS) is 10.5. The van der Waals surface area contributed by atoms with Crippen molar-refractivity contribution in [3.05, 3.63) is 59.7 Å². The van der Waals surface area contributed by atoms with Crippen LogP contribution in [0.1, 0.15) is 29.8 Å². The van der Waals surface area contributed by atoms with E-state index in [0.717, 1.165) is 17.0 Å². The van der Waals surface area contributed by atoms with Crippen LogP contribution in [0.4, 0.5) is 5.69 Å². The number of carbonyl (C=O) groups is 1. The molecule has 0 aromatic heterocycles. The van der Waals surface area contributed by atoms with Crippen LogP contribution in [0.5, 0.6) is 5.75 Å². The molecule has 4 heteroatoms. The van der Waals surface area contributed by atoms with Crippen molar-refractivity contribution >= 4 is 11.6 Å². The highest BCUT2D eigenvalue weighted by Gasteiger charge is 2.07. The first-order chi connectivity index (χ1) is 11.5. The molecule has 0 saturated carbocycles. The van der Waals surface area contributed by atoms with Gasteiger partial charge in [-0.1, -0.05) is 32.0 Å². The number of carbonyl (C=O) groups excluding carboxylic acids is 1. The van der Waals surface area contributed by atoms with Crippen molar-refractivity contribution in [3.63, 3.8) is 0 Å². The first-order valence-corrected chi connectivity index (χ1v) is 8.23. The molecule has 0 bridgehead atoms. The summed E-state index contributed by atoms with van der Waals surface area (Å²) in [6.45, 7) is 5.34. The minimum absolute atomic E-state index is 0.0957. The SMILES string of the molecule is CC(C)COc1cccc(C(=O)NCc2ccc(N(C)C)cc2)c1. The largest absolute Gasteiger partial charge is 0.493 e. The van der Waals surface area contributed by atoms with Crippen LogP contribution in [-0.4, -0.2) is 26.6 Å². The summed E-state index contributed by atoms with van der Waals surface area (Å²) in [5.74, 6) is 1.08. The number of hydrogen-bond donors (Lipinski definition) is 1. The van der Waals surface area contributed by atoms with E-state index in [2.05, 4.69) is 19.2 Å². The molecule has 0 aliphatic heterocycles. The van der Waals surface area contributed by atoms with Crippen molar-refractivity contribution in [1.29, 1.82) is 0 Å². The Morgan fingerprint density at radius 1 is 1.12 bits per heavy atom. The van der Waals surface area contributed by atoms with Crippen molar-refractivity contribution < 1.29 is 9.53 Å². The topological polar surface area (TPSA) is 41.6 Å². The number of anilines is 1. The van der Waals surface area contributed by atoms with Gasteiger partial charge in [0.25, 0.3) is 5.91 Å². The van der Waals surface area contributed by atoms with Gasteiger partial charge in [-0.2, -0.15) is 0 Å². The van der Waals surface area contributed by atoms with E-state index >= 15 is 0 Å². The number of benzene rings is 2. The van der Waals surface area contributed by atoms with Crippen molar-refractivity contribution in [2.24, 2.45) is 5.92 Å². The molecule has 2 rings (SSSR count). The third-order valence-electron chi connectivity index (χ3n) is 3.59. The van der Waals surface area contributed by atoms with Crippen molar-refractivity contribution in [3.8, 4) is 5.75 Å². The van der Waals surface area contributed by atoms with Crippen LogP contribution in [-0.2, 0) is 6.54 Å². The van der Waals surface area contributed by atoms with Gasteiger partial charge in [0.05, 0.1) is 6.61 Å². The molecule has 24 heavy (non-hydrogen) atoms. The Hall–Kier alpha value is -2.49. The van der Waals surface area contributed by atoms with Gasteiger partial charge in [-0.05, 0) is 41.8 Å². The molecule has 4 nitrogen and oxygen atoms in total. The van der Waals surface area contributed by atoms with Gasteiger partial charge >= 0.3 is 0 Å². The monoisotopic (exact) mass is 326 g/mol. The highest BCUT2D eigenvalue weighted by molar-refractivity contribution is 5.94. The molecule has 2 aromatic carbocycles.